The van der Waals surface area contributed by atoms with Crippen LogP contribution in [0.1, 0.15) is 27.0 Å². The number of carbonyl (C=O) groups is 2. The topological polar surface area (TPSA) is 61.4 Å². The van der Waals surface area contributed by atoms with Gasteiger partial charge in [0.15, 0.2) is 5.11 Å². The lowest BCUT2D eigenvalue weighted by Crippen LogP contribution is -2.36. The van der Waals surface area contributed by atoms with Crippen LogP contribution < -0.4 is 10.6 Å². The van der Waals surface area contributed by atoms with Gasteiger partial charge in [0.25, 0.3) is 5.91 Å². The molecule has 0 aromatic heterocycles. The van der Waals surface area contributed by atoms with Crippen molar-refractivity contribution in [3.63, 3.8) is 0 Å². The molecule has 31 heavy (non-hydrogen) atoms. The minimum atomic E-state index is -0.211. The molecule has 0 radical (unpaired) electrons. The number of hydrogen-bond donors (Lipinski definition) is 2. The van der Waals surface area contributed by atoms with Crippen LogP contribution in [0.3, 0.4) is 0 Å². The highest BCUT2D eigenvalue weighted by Crippen LogP contribution is 2.18. The Kier molecular flexibility index (Phi) is 7.51. The van der Waals surface area contributed by atoms with Gasteiger partial charge in [0.1, 0.15) is 0 Å². The third-order valence-corrected chi connectivity index (χ3v) is 5.08. The number of anilines is 1. The molecule has 0 unspecified atom stereocenters. The fourth-order valence-electron chi connectivity index (χ4n) is 3.22. The number of hydrogen-bond acceptors (Lipinski definition) is 3. The molecule has 0 fully saturated rings. The van der Waals surface area contributed by atoms with Crippen LogP contribution in [0.4, 0.5) is 5.69 Å². The molecule has 6 heteroatoms. The van der Waals surface area contributed by atoms with Gasteiger partial charge >= 0.3 is 0 Å². The van der Waals surface area contributed by atoms with E-state index in [-0.39, 0.29) is 23.3 Å². The molecule has 3 aromatic rings. The third kappa shape index (κ3) is 6.23. The first-order valence-electron chi connectivity index (χ1n) is 9.98. The van der Waals surface area contributed by atoms with Crippen molar-refractivity contribution in [1.82, 2.24) is 10.2 Å². The van der Waals surface area contributed by atoms with Crippen molar-refractivity contribution in [2.45, 2.75) is 19.9 Å². The van der Waals surface area contributed by atoms with E-state index in [4.69, 9.17) is 12.2 Å². The Labute approximate surface area is 188 Å². The van der Waals surface area contributed by atoms with Crippen molar-refractivity contribution in [2.24, 2.45) is 0 Å². The molecule has 2 N–H and O–H groups in total. The molecular formula is C25H25N3O2S. The molecule has 0 saturated heterocycles. The number of thiocarbonyl (C=S) groups is 1. The molecule has 5 nitrogen and oxygen atoms in total. The lowest BCUT2D eigenvalue weighted by Gasteiger charge is -2.20. The summed E-state index contributed by atoms with van der Waals surface area (Å²) in [6, 6.07) is 24.6. The van der Waals surface area contributed by atoms with Crippen molar-refractivity contribution in [2.75, 3.05) is 12.4 Å². The number of carbonyl (C=O) groups excluding carboxylic acids is 2. The first kappa shape index (κ1) is 22.2. The normalized spacial score (nSPS) is 10.3. The molecule has 0 aliphatic rings. The quantitative estimate of drug-likeness (QED) is 0.571. The maximum Gasteiger partial charge on any atom is 0.256 e. The number of nitrogens with zero attached hydrogens (tertiary/aromatic N) is 1. The monoisotopic (exact) mass is 431 g/mol. The van der Waals surface area contributed by atoms with Gasteiger partial charge in [-0.1, -0.05) is 66.7 Å². The highest BCUT2D eigenvalue weighted by atomic mass is 32.1. The van der Waals surface area contributed by atoms with Gasteiger partial charge < -0.3 is 15.5 Å². The van der Waals surface area contributed by atoms with Crippen LogP contribution in [0, 0.1) is 6.92 Å². The van der Waals surface area contributed by atoms with Crippen LogP contribution in [0.2, 0.25) is 0 Å². The molecule has 0 aliphatic heterocycles. The molecule has 2 amide bonds. The van der Waals surface area contributed by atoms with Crippen LogP contribution in [-0.4, -0.2) is 28.9 Å². The molecule has 0 atom stereocenters. The van der Waals surface area contributed by atoms with Crippen molar-refractivity contribution in [3.05, 3.63) is 101 Å². The molecule has 158 valence electrons. The number of benzene rings is 3. The van der Waals surface area contributed by atoms with Crippen LogP contribution in [-0.2, 0) is 17.8 Å². The van der Waals surface area contributed by atoms with E-state index < -0.39 is 0 Å². The molecule has 3 rings (SSSR count). The molecule has 0 heterocycles. The molecule has 0 bridgehead atoms. The Bertz CT molecular complexity index is 1080. The van der Waals surface area contributed by atoms with E-state index in [0.29, 0.717) is 17.8 Å². The molecule has 0 saturated carbocycles. The summed E-state index contributed by atoms with van der Waals surface area (Å²) in [6.45, 7) is 2.46. The third-order valence-electron chi connectivity index (χ3n) is 4.88. The molecular weight excluding hydrogens is 406 g/mol. The standard InChI is InChI=1S/C25H25N3O2S/c1-18-10-6-7-13-20(18)16-23(29)27-25(31)26-22-15-9-8-14-21(22)24(30)28(2)17-19-11-4-3-5-12-19/h3-15H,16-17H2,1-2H3,(H2,26,27,29,31). The second-order valence-electron chi connectivity index (χ2n) is 7.30. The van der Waals surface area contributed by atoms with Gasteiger partial charge in [-0.2, -0.15) is 0 Å². The number of para-hydroxylation sites is 1. The maximum absolute atomic E-state index is 13.0. The van der Waals surface area contributed by atoms with Gasteiger partial charge in [0.05, 0.1) is 17.7 Å². The van der Waals surface area contributed by atoms with Crippen molar-refractivity contribution in [3.8, 4) is 0 Å². The average Bonchev–Trinajstić information content (AvgIpc) is 2.76. The van der Waals surface area contributed by atoms with Gasteiger partial charge in [-0.15, -0.1) is 0 Å². The predicted octanol–water partition coefficient (Wildman–Crippen LogP) is 4.32. The van der Waals surface area contributed by atoms with E-state index in [9.17, 15) is 9.59 Å². The Balaban J connectivity index is 1.64. The smallest absolute Gasteiger partial charge is 0.256 e. The SMILES string of the molecule is Cc1ccccc1CC(=O)NC(=S)Nc1ccccc1C(=O)N(C)Cc1ccccc1. The number of nitrogens with one attached hydrogen (secondary N) is 2. The zero-order chi connectivity index (χ0) is 22.2. The minimum absolute atomic E-state index is 0.138. The average molecular weight is 432 g/mol. The van der Waals surface area contributed by atoms with Crippen LogP contribution in [0.25, 0.3) is 0 Å². The van der Waals surface area contributed by atoms with E-state index in [1.807, 2.05) is 67.6 Å². The van der Waals surface area contributed by atoms with Crippen molar-refractivity contribution >= 4 is 34.8 Å². The van der Waals surface area contributed by atoms with Crippen LogP contribution >= 0.6 is 12.2 Å². The van der Waals surface area contributed by atoms with E-state index in [2.05, 4.69) is 10.6 Å². The molecule has 3 aromatic carbocycles. The summed E-state index contributed by atoms with van der Waals surface area (Å²) in [7, 11) is 1.76. The van der Waals surface area contributed by atoms with E-state index in [0.717, 1.165) is 16.7 Å². The second kappa shape index (κ2) is 10.5. The van der Waals surface area contributed by atoms with E-state index >= 15 is 0 Å². The van der Waals surface area contributed by atoms with Crippen LogP contribution in [0.5, 0.6) is 0 Å². The highest BCUT2D eigenvalue weighted by molar-refractivity contribution is 7.80. The van der Waals surface area contributed by atoms with Crippen LogP contribution in [0.15, 0.2) is 78.9 Å². The Hall–Kier alpha value is -3.51. The number of rotatable bonds is 6. The van der Waals surface area contributed by atoms with Gasteiger partial charge in [-0.3, -0.25) is 9.59 Å². The summed E-state index contributed by atoms with van der Waals surface area (Å²) in [4.78, 5) is 27.0. The summed E-state index contributed by atoms with van der Waals surface area (Å²) < 4.78 is 0. The van der Waals surface area contributed by atoms with Crippen molar-refractivity contribution < 1.29 is 9.59 Å². The fourth-order valence-corrected chi connectivity index (χ4v) is 3.44. The molecule has 0 aliphatic carbocycles. The van der Waals surface area contributed by atoms with Gasteiger partial charge in [0.2, 0.25) is 5.91 Å². The summed E-state index contributed by atoms with van der Waals surface area (Å²) in [5, 5.41) is 5.85. The number of aryl methyl sites for hydroxylation is 1. The first-order valence-corrected chi connectivity index (χ1v) is 10.4. The lowest BCUT2D eigenvalue weighted by atomic mass is 10.1. The lowest BCUT2D eigenvalue weighted by molar-refractivity contribution is -0.119. The second-order valence-corrected chi connectivity index (χ2v) is 7.71. The zero-order valence-electron chi connectivity index (χ0n) is 17.6. The minimum Gasteiger partial charge on any atom is -0.337 e. The van der Waals surface area contributed by atoms with Gasteiger partial charge in [0, 0.05) is 13.6 Å². The predicted molar refractivity (Wildman–Crippen MR) is 128 cm³/mol. The fraction of sp³-hybridized carbons (Fsp3) is 0.160. The first-order chi connectivity index (χ1) is 14.9. The zero-order valence-corrected chi connectivity index (χ0v) is 18.4. The van der Waals surface area contributed by atoms with Gasteiger partial charge in [-0.05, 0) is 48.0 Å². The van der Waals surface area contributed by atoms with E-state index in [1.54, 1.807) is 30.1 Å². The van der Waals surface area contributed by atoms with Gasteiger partial charge in [-0.25, -0.2) is 0 Å². The highest BCUT2D eigenvalue weighted by Gasteiger charge is 2.17. The Morgan fingerprint density at radius 1 is 0.903 bits per heavy atom. The maximum atomic E-state index is 13.0. The Morgan fingerprint density at radius 2 is 1.55 bits per heavy atom. The molecule has 0 spiro atoms. The largest absolute Gasteiger partial charge is 0.337 e. The Morgan fingerprint density at radius 3 is 2.29 bits per heavy atom. The summed E-state index contributed by atoms with van der Waals surface area (Å²) in [6.07, 6.45) is 0.231. The number of amides is 2. The summed E-state index contributed by atoms with van der Waals surface area (Å²) in [5.74, 6) is -0.349. The summed E-state index contributed by atoms with van der Waals surface area (Å²) in [5.41, 5.74) is 4.07. The van der Waals surface area contributed by atoms with Crippen molar-refractivity contribution in [1.29, 1.82) is 0 Å². The summed E-state index contributed by atoms with van der Waals surface area (Å²) >= 11 is 5.31. The van der Waals surface area contributed by atoms with E-state index in [1.165, 1.54) is 0 Å².